The molecule has 1 fully saturated rings. The Hall–Kier alpha value is -3.30. The van der Waals surface area contributed by atoms with Gasteiger partial charge in [0.15, 0.2) is 0 Å². The highest BCUT2D eigenvalue weighted by Gasteiger charge is 2.19. The molecule has 1 saturated heterocycles. The van der Waals surface area contributed by atoms with Crippen LogP contribution in [0.4, 0.5) is 23.4 Å². The molecule has 0 radical (unpaired) electrons. The molecular formula is C23H27ClN8O. The van der Waals surface area contributed by atoms with Crippen LogP contribution in [0.3, 0.4) is 0 Å². The lowest BCUT2D eigenvalue weighted by atomic mass is 10.2. The van der Waals surface area contributed by atoms with E-state index in [4.69, 9.17) is 11.6 Å². The zero-order chi connectivity index (χ0) is 23.4. The summed E-state index contributed by atoms with van der Waals surface area (Å²) in [7, 11) is 2.11. The van der Waals surface area contributed by atoms with E-state index in [0.29, 0.717) is 40.7 Å². The third-order valence-corrected chi connectivity index (χ3v) is 5.77. The molecule has 0 bridgehead atoms. The van der Waals surface area contributed by atoms with Crippen molar-refractivity contribution >= 4 is 40.9 Å². The molecule has 33 heavy (non-hydrogen) atoms. The van der Waals surface area contributed by atoms with Crippen molar-refractivity contribution in [3.05, 3.63) is 58.5 Å². The standard InChI is InChI=1S/C23H27ClN8O/c1-4-18-26-22(30-23(28-18)32-13-11-31(3)12-14-32)27-19-10-6-9-17(25-19)21(33)29-20-15(2)7-5-8-16(20)24/h5-10H,4,11-14H2,1-3H3,(H,29,33)(H,25,26,27,28,30). The summed E-state index contributed by atoms with van der Waals surface area (Å²) in [4.78, 5) is 35.4. The second-order valence-electron chi connectivity index (χ2n) is 7.94. The number of carbonyl (C=O) groups is 1. The number of benzene rings is 1. The molecule has 0 unspecified atom stereocenters. The van der Waals surface area contributed by atoms with Gasteiger partial charge in [0.2, 0.25) is 11.9 Å². The molecule has 172 valence electrons. The van der Waals surface area contributed by atoms with Crippen LogP contribution in [0.2, 0.25) is 5.02 Å². The fraction of sp³-hybridized carbons (Fsp3) is 0.348. The number of nitrogens with zero attached hydrogens (tertiary/aromatic N) is 6. The number of amides is 1. The molecule has 1 aliphatic heterocycles. The smallest absolute Gasteiger partial charge is 0.274 e. The van der Waals surface area contributed by atoms with Gasteiger partial charge < -0.3 is 20.4 Å². The van der Waals surface area contributed by atoms with Gasteiger partial charge in [0.1, 0.15) is 17.3 Å². The number of nitrogens with one attached hydrogen (secondary N) is 2. The summed E-state index contributed by atoms with van der Waals surface area (Å²) in [6, 6.07) is 10.6. The van der Waals surface area contributed by atoms with E-state index in [1.54, 1.807) is 24.3 Å². The largest absolute Gasteiger partial charge is 0.338 e. The number of aryl methyl sites for hydroxylation is 2. The van der Waals surface area contributed by atoms with E-state index in [9.17, 15) is 4.79 Å². The van der Waals surface area contributed by atoms with Gasteiger partial charge in [0.25, 0.3) is 5.91 Å². The van der Waals surface area contributed by atoms with Gasteiger partial charge in [0, 0.05) is 32.6 Å². The van der Waals surface area contributed by atoms with Crippen LogP contribution < -0.4 is 15.5 Å². The minimum Gasteiger partial charge on any atom is -0.338 e. The lowest BCUT2D eigenvalue weighted by Crippen LogP contribution is -2.45. The summed E-state index contributed by atoms with van der Waals surface area (Å²) < 4.78 is 0. The average molecular weight is 467 g/mol. The van der Waals surface area contributed by atoms with E-state index < -0.39 is 0 Å². The maximum absolute atomic E-state index is 12.8. The first-order valence-corrected chi connectivity index (χ1v) is 11.3. The molecule has 0 aliphatic carbocycles. The van der Waals surface area contributed by atoms with Crippen molar-refractivity contribution in [3.8, 4) is 0 Å². The molecule has 2 N–H and O–H groups in total. The number of hydrogen-bond acceptors (Lipinski definition) is 8. The van der Waals surface area contributed by atoms with Crippen molar-refractivity contribution in [1.82, 2.24) is 24.8 Å². The highest BCUT2D eigenvalue weighted by Crippen LogP contribution is 2.26. The van der Waals surface area contributed by atoms with Gasteiger partial charge in [-0.05, 0) is 37.7 Å². The number of likely N-dealkylation sites (N-methyl/N-ethyl adjacent to an activating group) is 1. The molecule has 1 amide bonds. The summed E-state index contributed by atoms with van der Waals surface area (Å²) in [6.07, 6.45) is 0.686. The minimum atomic E-state index is -0.349. The number of rotatable bonds is 6. The molecule has 3 heterocycles. The van der Waals surface area contributed by atoms with Gasteiger partial charge in [0.05, 0.1) is 10.7 Å². The summed E-state index contributed by atoms with van der Waals surface area (Å²) in [5.41, 5.74) is 1.70. The Bertz CT molecular complexity index is 1130. The van der Waals surface area contributed by atoms with Gasteiger partial charge in [-0.25, -0.2) is 4.98 Å². The molecule has 3 aromatic rings. The third-order valence-electron chi connectivity index (χ3n) is 5.45. The van der Waals surface area contributed by atoms with Gasteiger partial charge in [-0.15, -0.1) is 0 Å². The molecule has 2 aromatic heterocycles. The summed E-state index contributed by atoms with van der Waals surface area (Å²) in [6.45, 7) is 7.53. The molecule has 4 rings (SSSR count). The minimum absolute atomic E-state index is 0.253. The number of pyridine rings is 1. The van der Waals surface area contributed by atoms with Crippen LogP contribution in [0.5, 0.6) is 0 Å². The highest BCUT2D eigenvalue weighted by atomic mass is 35.5. The first-order chi connectivity index (χ1) is 15.9. The predicted molar refractivity (Wildman–Crippen MR) is 131 cm³/mol. The third kappa shape index (κ3) is 5.55. The SMILES string of the molecule is CCc1nc(Nc2cccc(C(=O)Nc3c(C)cccc3Cl)n2)nc(N2CCN(C)CC2)n1. The number of anilines is 4. The molecule has 9 nitrogen and oxygen atoms in total. The van der Waals surface area contributed by atoms with E-state index in [1.165, 1.54) is 0 Å². The van der Waals surface area contributed by atoms with E-state index in [0.717, 1.165) is 31.7 Å². The predicted octanol–water partition coefficient (Wildman–Crippen LogP) is 3.54. The fourth-order valence-electron chi connectivity index (χ4n) is 3.48. The fourth-order valence-corrected chi connectivity index (χ4v) is 3.75. The molecule has 1 aliphatic rings. The zero-order valence-corrected chi connectivity index (χ0v) is 19.7. The Balaban J connectivity index is 1.53. The van der Waals surface area contributed by atoms with E-state index in [1.807, 2.05) is 26.0 Å². The first-order valence-electron chi connectivity index (χ1n) is 10.9. The number of piperazine rings is 1. The van der Waals surface area contributed by atoms with Crippen LogP contribution in [0.1, 0.15) is 28.8 Å². The summed E-state index contributed by atoms with van der Waals surface area (Å²) >= 11 is 6.24. The number of para-hydroxylation sites is 1. The van der Waals surface area contributed by atoms with Crippen LogP contribution in [0.25, 0.3) is 0 Å². The molecule has 1 aromatic carbocycles. The molecular weight excluding hydrogens is 440 g/mol. The number of carbonyl (C=O) groups excluding carboxylic acids is 1. The lowest BCUT2D eigenvalue weighted by Gasteiger charge is -2.32. The van der Waals surface area contributed by atoms with Crippen molar-refractivity contribution in [1.29, 1.82) is 0 Å². The second kappa shape index (κ2) is 10.1. The van der Waals surface area contributed by atoms with Crippen molar-refractivity contribution in [2.45, 2.75) is 20.3 Å². The quantitative estimate of drug-likeness (QED) is 0.569. The number of hydrogen-bond donors (Lipinski definition) is 2. The Morgan fingerprint density at radius 3 is 2.52 bits per heavy atom. The topological polar surface area (TPSA) is 99.2 Å². The van der Waals surface area contributed by atoms with E-state index in [2.05, 4.69) is 47.4 Å². The number of halogens is 1. The Morgan fingerprint density at radius 2 is 1.79 bits per heavy atom. The summed E-state index contributed by atoms with van der Waals surface area (Å²) in [5.74, 6) is 1.88. The van der Waals surface area contributed by atoms with Crippen molar-refractivity contribution < 1.29 is 4.79 Å². The molecule has 0 atom stereocenters. The van der Waals surface area contributed by atoms with Crippen LogP contribution in [0, 0.1) is 6.92 Å². The molecule has 10 heteroatoms. The van der Waals surface area contributed by atoms with Gasteiger partial charge in [-0.3, -0.25) is 4.79 Å². The highest BCUT2D eigenvalue weighted by molar-refractivity contribution is 6.34. The van der Waals surface area contributed by atoms with Crippen molar-refractivity contribution in [3.63, 3.8) is 0 Å². The van der Waals surface area contributed by atoms with Crippen LogP contribution in [-0.2, 0) is 6.42 Å². The van der Waals surface area contributed by atoms with E-state index in [-0.39, 0.29) is 11.6 Å². The Kier molecular flexibility index (Phi) is 7.00. The van der Waals surface area contributed by atoms with Crippen molar-refractivity contribution in [2.24, 2.45) is 0 Å². The number of aromatic nitrogens is 4. The van der Waals surface area contributed by atoms with Gasteiger partial charge in [-0.1, -0.05) is 36.7 Å². The molecule has 0 saturated carbocycles. The second-order valence-corrected chi connectivity index (χ2v) is 8.35. The average Bonchev–Trinajstić information content (AvgIpc) is 2.82. The zero-order valence-electron chi connectivity index (χ0n) is 19.0. The van der Waals surface area contributed by atoms with E-state index >= 15 is 0 Å². The first kappa shape index (κ1) is 22.9. The van der Waals surface area contributed by atoms with Crippen LogP contribution in [-0.4, -0.2) is 64.0 Å². The maximum atomic E-state index is 12.8. The Morgan fingerprint density at radius 1 is 1.03 bits per heavy atom. The van der Waals surface area contributed by atoms with Gasteiger partial charge in [-0.2, -0.15) is 15.0 Å². The summed E-state index contributed by atoms with van der Waals surface area (Å²) in [5, 5.41) is 6.46. The van der Waals surface area contributed by atoms with Gasteiger partial charge >= 0.3 is 0 Å². The Labute approximate surface area is 198 Å². The molecule has 0 spiro atoms. The lowest BCUT2D eigenvalue weighted by molar-refractivity contribution is 0.102. The van der Waals surface area contributed by atoms with Crippen LogP contribution >= 0.6 is 11.6 Å². The van der Waals surface area contributed by atoms with Crippen molar-refractivity contribution in [2.75, 3.05) is 48.8 Å². The maximum Gasteiger partial charge on any atom is 0.274 e. The normalized spacial score (nSPS) is 14.2. The monoisotopic (exact) mass is 466 g/mol. The van der Waals surface area contributed by atoms with Crippen LogP contribution in [0.15, 0.2) is 36.4 Å².